The van der Waals surface area contributed by atoms with Gasteiger partial charge in [0.05, 0.1) is 5.56 Å². The average molecular weight is 244 g/mol. The van der Waals surface area contributed by atoms with Crippen LogP contribution in [0.2, 0.25) is 0 Å². The summed E-state index contributed by atoms with van der Waals surface area (Å²) in [7, 11) is 0. The summed E-state index contributed by atoms with van der Waals surface area (Å²) in [5, 5.41) is 8.47. The van der Waals surface area contributed by atoms with Gasteiger partial charge >= 0.3 is 5.97 Å². The normalized spacial score (nSPS) is 10.7. The SMILES string of the molecule is O=C(O)/C=C/c1cnc(-c2ccccc2F)nc1. The van der Waals surface area contributed by atoms with Crippen LogP contribution in [0.15, 0.2) is 42.7 Å². The third-order valence-corrected chi connectivity index (χ3v) is 2.20. The summed E-state index contributed by atoms with van der Waals surface area (Å²) in [6.07, 6.45) is 5.23. The molecule has 0 atom stereocenters. The number of benzene rings is 1. The predicted molar refractivity (Wildman–Crippen MR) is 64.1 cm³/mol. The fourth-order valence-electron chi connectivity index (χ4n) is 1.37. The Bertz CT molecular complexity index is 594. The zero-order chi connectivity index (χ0) is 13.0. The molecule has 0 bridgehead atoms. The van der Waals surface area contributed by atoms with Gasteiger partial charge in [-0.3, -0.25) is 0 Å². The smallest absolute Gasteiger partial charge is 0.328 e. The van der Waals surface area contributed by atoms with E-state index in [1.807, 2.05) is 0 Å². The van der Waals surface area contributed by atoms with E-state index in [0.29, 0.717) is 11.1 Å². The first-order chi connectivity index (χ1) is 8.66. The molecule has 0 spiro atoms. The first-order valence-corrected chi connectivity index (χ1v) is 5.15. The molecular weight excluding hydrogens is 235 g/mol. The molecule has 0 fully saturated rings. The summed E-state index contributed by atoms with van der Waals surface area (Å²) < 4.78 is 13.5. The van der Waals surface area contributed by atoms with Gasteiger partial charge in [0.25, 0.3) is 0 Å². The molecule has 2 aromatic rings. The van der Waals surface area contributed by atoms with Crippen molar-refractivity contribution < 1.29 is 14.3 Å². The van der Waals surface area contributed by atoms with Gasteiger partial charge < -0.3 is 5.11 Å². The van der Waals surface area contributed by atoms with E-state index in [4.69, 9.17) is 5.11 Å². The summed E-state index contributed by atoms with van der Waals surface area (Å²) >= 11 is 0. The highest BCUT2D eigenvalue weighted by Gasteiger charge is 2.05. The van der Waals surface area contributed by atoms with Crippen molar-refractivity contribution in [3.8, 4) is 11.4 Å². The van der Waals surface area contributed by atoms with Crippen LogP contribution in [0.3, 0.4) is 0 Å². The Morgan fingerprint density at radius 2 is 1.89 bits per heavy atom. The topological polar surface area (TPSA) is 63.1 Å². The molecule has 18 heavy (non-hydrogen) atoms. The summed E-state index contributed by atoms with van der Waals surface area (Å²) in [5.74, 6) is -1.18. The van der Waals surface area contributed by atoms with Crippen LogP contribution in [-0.2, 0) is 4.79 Å². The molecule has 0 aliphatic heterocycles. The standard InChI is InChI=1S/C13H9FN2O2/c14-11-4-2-1-3-10(11)13-15-7-9(8-16-13)5-6-12(17)18/h1-8H,(H,17,18)/b6-5+. The zero-order valence-corrected chi connectivity index (χ0v) is 9.25. The van der Waals surface area contributed by atoms with Crippen molar-refractivity contribution in [3.05, 3.63) is 54.1 Å². The Balaban J connectivity index is 2.28. The molecule has 0 aliphatic carbocycles. The second kappa shape index (κ2) is 5.18. The van der Waals surface area contributed by atoms with Crippen molar-refractivity contribution in [2.75, 3.05) is 0 Å². The minimum atomic E-state index is -1.05. The van der Waals surface area contributed by atoms with Gasteiger partial charge in [-0.1, -0.05) is 12.1 Å². The summed E-state index contributed by atoms with van der Waals surface area (Å²) in [6.45, 7) is 0. The third kappa shape index (κ3) is 2.76. The first kappa shape index (κ1) is 11.9. The van der Waals surface area contributed by atoms with Crippen molar-refractivity contribution in [2.24, 2.45) is 0 Å². The molecule has 1 heterocycles. The minimum Gasteiger partial charge on any atom is -0.478 e. The maximum Gasteiger partial charge on any atom is 0.328 e. The molecule has 2 rings (SSSR count). The maximum atomic E-state index is 13.5. The largest absolute Gasteiger partial charge is 0.478 e. The Labute approximate surface area is 102 Å². The van der Waals surface area contributed by atoms with Crippen molar-refractivity contribution in [1.82, 2.24) is 9.97 Å². The van der Waals surface area contributed by atoms with Crippen LogP contribution in [0, 0.1) is 5.82 Å². The highest BCUT2D eigenvalue weighted by Crippen LogP contribution is 2.18. The number of carbonyl (C=O) groups is 1. The van der Waals surface area contributed by atoms with Crippen LogP contribution >= 0.6 is 0 Å². The molecule has 0 amide bonds. The molecule has 0 aliphatic rings. The summed E-state index contributed by atoms with van der Waals surface area (Å²) in [4.78, 5) is 18.3. The molecule has 0 saturated heterocycles. The summed E-state index contributed by atoms with van der Waals surface area (Å²) in [6, 6.07) is 6.19. The Hall–Kier alpha value is -2.56. The maximum absolute atomic E-state index is 13.5. The number of nitrogens with zero attached hydrogens (tertiary/aromatic N) is 2. The Morgan fingerprint density at radius 1 is 1.22 bits per heavy atom. The van der Waals surface area contributed by atoms with Crippen LogP contribution in [0.25, 0.3) is 17.5 Å². The minimum absolute atomic E-state index is 0.264. The lowest BCUT2D eigenvalue weighted by atomic mass is 10.2. The van der Waals surface area contributed by atoms with Crippen LogP contribution in [0.5, 0.6) is 0 Å². The average Bonchev–Trinajstić information content (AvgIpc) is 2.38. The molecule has 0 radical (unpaired) electrons. The fourth-order valence-corrected chi connectivity index (χ4v) is 1.37. The number of aliphatic carboxylic acids is 1. The Morgan fingerprint density at radius 3 is 2.50 bits per heavy atom. The number of hydrogen-bond donors (Lipinski definition) is 1. The van der Waals surface area contributed by atoms with E-state index in [1.165, 1.54) is 24.5 Å². The lowest BCUT2D eigenvalue weighted by Gasteiger charge is -2.01. The van der Waals surface area contributed by atoms with Gasteiger partial charge in [0.2, 0.25) is 0 Å². The number of carboxylic acids is 1. The van der Waals surface area contributed by atoms with E-state index >= 15 is 0 Å². The highest BCUT2D eigenvalue weighted by atomic mass is 19.1. The van der Waals surface area contributed by atoms with E-state index in [-0.39, 0.29) is 5.82 Å². The lowest BCUT2D eigenvalue weighted by Crippen LogP contribution is -1.92. The van der Waals surface area contributed by atoms with E-state index in [1.54, 1.807) is 18.2 Å². The van der Waals surface area contributed by atoms with E-state index in [9.17, 15) is 9.18 Å². The second-order valence-electron chi connectivity index (χ2n) is 3.49. The number of carboxylic acid groups (broad SMARTS) is 1. The number of hydrogen-bond acceptors (Lipinski definition) is 3. The molecule has 5 heteroatoms. The molecule has 90 valence electrons. The van der Waals surface area contributed by atoms with Gasteiger partial charge in [0.1, 0.15) is 5.82 Å². The van der Waals surface area contributed by atoms with Gasteiger partial charge in [0.15, 0.2) is 5.82 Å². The van der Waals surface area contributed by atoms with E-state index in [0.717, 1.165) is 6.08 Å². The van der Waals surface area contributed by atoms with Crippen molar-refractivity contribution >= 4 is 12.0 Å². The number of halogens is 1. The molecule has 0 saturated carbocycles. The van der Waals surface area contributed by atoms with Crippen LogP contribution < -0.4 is 0 Å². The third-order valence-electron chi connectivity index (χ3n) is 2.20. The van der Waals surface area contributed by atoms with E-state index < -0.39 is 11.8 Å². The monoisotopic (exact) mass is 244 g/mol. The molecule has 0 unspecified atom stereocenters. The predicted octanol–water partition coefficient (Wildman–Crippen LogP) is 2.38. The molecule has 1 aromatic heterocycles. The van der Waals surface area contributed by atoms with Crippen LogP contribution in [0.1, 0.15) is 5.56 Å². The van der Waals surface area contributed by atoms with Crippen molar-refractivity contribution in [1.29, 1.82) is 0 Å². The van der Waals surface area contributed by atoms with Gasteiger partial charge in [-0.15, -0.1) is 0 Å². The van der Waals surface area contributed by atoms with Crippen molar-refractivity contribution in [2.45, 2.75) is 0 Å². The van der Waals surface area contributed by atoms with Crippen LogP contribution in [-0.4, -0.2) is 21.0 Å². The van der Waals surface area contributed by atoms with Gasteiger partial charge in [-0.05, 0) is 18.2 Å². The quantitative estimate of drug-likeness (QED) is 0.842. The number of aromatic nitrogens is 2. The van der Waals surface area contributed by atoms with E-state index in [2.05, 4.69) is 9.97 Å². The second-order valence-corrected chi connectivity index (χ2v) is 3.49. The van der Waals surface area contributed by atoms with Crippen LogP contribution in [0.4, 0.5) is 4.39 Å². The van der Waals surface area contributed by atoms with Gasteiger partial charge in [0, 0.05) is 24.0 Å². The fraction of sp³-hybridized carbons (Fsp3) is 0. The molecule has 1 aromatic carbocycles. The highest BCUT2D eigenvalue weighted by molar-refractivity contribution is 5.85. The van der Waals surface area contributed by atoms with Gasteiger partial charge in [-0.25, -0.2) is 19.2 Å². The zero-order valence-electron chi connectivity index (χ0n) is 9.25. The summed E-state index contributed by atoms with van der Waals surface area (Å²) in [5.41, 5.74) is 0.851. The van der Waals surface area contributed by atoms with Gasteiger partial charge in [-0.2, -0.15) is 0 Å². The number of rotatable bonds is 3. The van der Waals surface area contributed by atoms with Crippen molar-refractivity contribution in [3.63, 3.8) is 0 Å². The molecule has 4 nitrogen and oxygen atoms in total. The molecule has 1 N–H and O–H groups in total. The lowest BCUT2D eigenvalue weighted by molar-refractivity contribution is -0.131. The first-order valence-electron chi connectivity index (χ1n) is 5.15. The Kier molecular flexibility index (Phi) is 3.43. The molecular formula is C13H9FN2O2.